The number of carbonyl (C=O) groups excluding carboxylic acids is 3. The summed E-state index contributed by atoms with van der Waals surface area (Å²) in [5.41, 5.74) is 3.00. The fourth-order valence-corrected chi connectivity index (χ4v) is 3.48. The van der Waals surface area contributed by atoms with Gasteiger partial charge in [-0.2, -0.15) is 0 Å². The zero-order chi connectivity index (χ0) is 22.6. The Kier molecular flexibility index (Phi) is 6.63. The van der Waals surface area contributed by atoms with Crippen molar-refractivity contribution in [2.75, 3.05) is 11.9 Å². The quantitative estimate of drug-likeness (QED) is 0.789. The lowest BCUT2D eigenvalue weighted by molar-refractivity contribution is -0.128. The first kappa shape index (κ1) is 22.3. The van der Waals surface area contributed by atoms with Crippen LogP contribution < -0.4 is 10.6 Å². The summed E-state index contributed by atoms with van der Waals surface area (Å²) in [6.07, 6.45) is -0.188. The second-order valence-electron chi connectivity index (χ2n) is 8.73. The summed E-state index contributed by atoms with van der Waals surface area (Å²) in [4.78, 5) is 39.5. The van der Waals surface area contributed by atoms with Crippen molar-refractivity contribution in [2.24, 2.45) is 0 Å². The van der Waals surface area contributed by atoms with Gasteiger partial charge in [0.15, 0.2) is 0 Å². The number of benzene rings is 2. The number of hydrogen-bond donors (Lipinski definition) is 2. The van der Waals surface area contributed by atoms with Crippen LogP contribution in [0.25, 0.3) is 0 Å². The van der Waals surface area contributed by atoms with Crippen LogP contribution in [0.5, 0.6) is 0 Å². The summed E-state index contributed by atoms with van der Waals surface area (Å²) < 4.78 is 5.52. The summed E-state index contributed by atoms with van der Waals surface area (Å²) >= 11 is 0. The highest BCUT2D eigenvalue weighted by molar-refractivity contribution is 5.96. The zero-order valence-electron chi connectivity index (χ0n) is 18.4. The number of fused-ring (bicyclic) bond motifs is 1. The van der Waals surface area contributed by atoms with Gasteiger partial charge in [-0.15, -0.1) is 0 Å². The first-order chi connectivity index (χ1) is 14.6. The lowest BCUT2D eigenvalue weighted by atomic mass is 9.94. The van der Waals surface area contributed by atoms with E-state index in [1.54, 1.807) is 26.8 Å². The van der Waals surface area contributed by atoms with Gasteiger partial charge in [0, 0.05) is 12.1 Å². The average Bonchev–Trinajstić information content (AvgIpc) is 2.69. The van der Waals surface area contributed by atoms with Gasteiger partial charge in [-0.25, -0.2) is 4.79 Å². The van der Waals surface area contributed by atoms with Crippen molar-refractivity contribution in [3.8, 4) is 0 Å². The molecule has 3 amide bonds. The number of carbonyl (C=O) groups is 3. The second-order valence-corrected chi connectivity index (χ2v) is 8.73. The van der Waals surface area contributed by atoms with Gasteiger partial charge in [-0.1, -0.05) is 36.4 Å². The molecule has 1 heterocycles. The van der Waals surface area contributed by atoms with Gasteiger partial charge < -0.3 is 15.4 Å². The van der Waals surface area contributed by atoms with Crippen LogP contribution >= 0.6 is 0 Å². The highest BCUT2D eigenvalue weighted by atomic mass is 16.6. The highest BCUT2D eigenvalue weighted by Gasteiger charge is 2.36. The number of rotatable bonds is 4. The maximum absolute atomic E-state index is 13.0. The lowest BCUT2D eigenvalue weighted by Gasteiger charge is -2.36. The first-order valence-electron chi connectivity index (χ1n) is 10.3. The molecule has 31 heavy (non-hydrogen) atoms. The van der Waals surface area contributed by atoms with Crippen molar-refractivity contribution in [1.82, 2.24) is 10.2 Å². The van der Waals surface area contributed by atoms with Crippen LogP contribution in [0.4, 0.5) is 10.5 Å². The van der Waals surface area contributed by atoms with E-state index >= 15 is 0 Å². The van der Waals surface area contributed by atoms with Crippen molar-refractivity contribution in [1.29, 1.82) is 0 Å². The monoisotopic (exact) mass is 423 g/mol. The standard InChI is InChI=1S/C24H29N3O4/c1-16-8-7-11-19(12-16)26-21(28)14-25-22(29)20-13-17-9-5-6-10-18(17)15-27(20)23(30)31-24(2,3)4/h5-12,20H,13-15H2,1-4H3,(H,25,29)(H,26,28). The molecule has 2 N–H and O–H groups in total. The minimum absolute atomic E-state index is 0.187. The van der Waals surface area contributed by atoms with Gasteiger partial charge in [0.25, 0.3) is 0 Å². The van der Waals surface area contributed by atoms with Crippen molar-refractivity contribution < 1.29 is 19.1 Å². The second kappa shape index (κ2) is 9.20. The van der Waals surface area contributed by atoms with Gasteiger partial charge in [-0.3, -0.25) is 14.5 Å². The largest absolute Gasteiger partial charge is 0.444 e. The van der Waals surface area contributed by atoms with Gasteiger partial charge in [0.05, 0.1) is 13.1 Å². The highest BCUT2D eigenvalue weighted by Crippen LogP contribution is 2.25. The van der Waals surface area contributed by atoms with E-state index in [-0.39, 0.29) is 24.9 Å². The maximum atomic E-state index is 13.0. The van der Waals surface area contributed by atoms with Crippen LogP contribution in [-0.2, 0) is 27.3 Å². The molecule has 0 fully saturated rings. The molecule has 1 aliphatic rings. The molecule has 2 aromatic carbocycles. The minimum atomic E-state index is -0.753. The van der Waals surface area contributed by atoms with E-state index in [2.05, 4.69) is 10.6 Å². The predicted molar refractivity (Wildman–Crippen MR) is 119 cm³/mol. The molecule has 0 saturated heterocycles. The van der Waals surface area contributed by atoms with Crippen LogP contribution in [-0.4, -0.2) is 41.0 Å². The number of nitrogens with one attached hydrogen (secondary N) is 2. The van der Waals surface area contributed by atoms with E-state index in [0.717, 1.165) is 16.7 Å². The van der Waals surface area contributed by atoms with Crippen LogP contribution in [0, 0.1) is 6.92 Å². The Labute approximate surface area is 182 Å². The van der Waals surface area contributed by atoms with E-state index in [1.807, 2.05) is 49.4 Å². The smallest absolute Gasteiger partial charge is 0.411 e. The number of anilines is 1. The van der Waals surface area contributed by atoms with E-state index in [0.29, 0.717) is 12.1 Å². The van der Waals surface area contributed by atoms with E-state index in [4.69, 9.17) is 4.74 Å². The predicted octanol–water partition coefficient (Wildman–Crippen LogP) is 3.41. The number of nitrogens with zero attached hydrogens (tertiary/aromatic N) is 1. The van der Waals surface area contributed by atoms with Crippen molar-refractivity contribution in [3.05, 3.63) is 65.2 Å². The maximum Gasteiger partial charge on any atom is 0.411 e. The lowest BCUT2D eigenvalue weighted by Crippen LogP contribution is -2.54. The fourth-order valence-electron chi connectivity index (χ4n) is 3.48. The van der Waals surface area contributed by atoms with Gasteiger partial charge in [0.1, 0.15) is 11.6 Å². The molecule has 1 aliphatic heterocycles. The molecular formula is C24H29N3O4. The molecule has 0 radical (unpaired) electrons. The average molecular weight is 424 g/mol. The number of ether oxygens (including phenoxy) is 1. The molecule has 1 unspecified atom stereocenters. The Hall–Kier alpha value is -3.35. The van der Waals surface area contributed by atoms with Gasteiger partial charge in [-0.05, 0) is 56.5 Å². The third-order valence-electron chi connectivity index (χ3n) is 4.90. The number of amides is 3. The molecule has 3 rings (SSSR count). The van der Waals surface area contributed by atoms with Gasteiger partial charge >= 0.3 is 6.09 Å². The molecule has 0 saturated carbocycles. The van der Waals surface area contributed by atoms with Crippen LogP contribution in [0.3, 0.4) is 0 Å². The summed E-state index contributed by atoms with van der Waals surface area (Å²) in [6.45, 7) is 7.38. The van der Waals surface area contributed by atoms with Crippen molar-refractivity contribution in [3.63, 3.8) is 0 Å². The fraction of sp³-hybridized carbons (Fsp3) is 0.375. The van der Waals surface area contributed by atoms with E-state index in [9.17, 15) is 14.4 Å². The summed E-state index contributed by atoms with van der Waals surface area (Å²) in [7, 11) is 0. The zero-order valence-corrected chi connectivity index (χ0v) is 18.4. The summed E-state index contributed by atoms with van der Waals surface area (Å²) in [5, 5.41) is 5.43. The number of aryl methyl sites for hydroxylation is 1. The van der Waals surface area contributed by atoms with E-state index in [1.165, 1.54) is 4.90 Å². The Bertz CT molecular complexity index is 981. The third kappa shape index (κ3) is 6.07. The molecule has 0 bridgehead atoms. The molecule has 0 aliphatic carbocycles. The minimum Gasteiger partial charge on any atom is -0.444 e. The van der Waals surface area contributed by atoms with Crippen LogP contribution in [0.15, 0.2) is 48.5 Å². The Morgan fingerprint density at radius 1 is 1.06 bits per heavy atom. The van der Waals surface area contributed by atoms with Crippen molar-refractivity contribution >= 4 is 23.6 Å². The molecule has 2 aromatic rings. The van der Waals surface area contributed by atoms with Crippen molar-refractivity contribution in [2.45, 2.75) is 52.3 Å². The Morgan fingerprint density at radius 2 is 1.77 bits per heavy atom. The van der Waals surface area contributed by atoms with E-state index < -0.39 is 17.7 Å². The molecule has 1 atom stereocenters. The molecule has 7 heteroatoms. The van der Waals surface area contributed by atoms with Crippen LogP contribution in [0.2, 0.25) is 0 Å². The molecule has 7 nitrogen and oxygen atoms in total. The Morgan fingerprint density at radius 3 is 2.45 bits per heavy atom. The molecule has 164 valence electrons. The molecular weight excluding hydrogens is 394 g/mol. The topological polar surface area (TPSA) is 87.7 Å². The third-order valence-corrected chi connectivity index (χ3v) is 4.90. The number of hydrogen-bond acceptors (Lipinski definition) is 4. The van der Waals surface area contributed by atoms with Crippen LogP contribution in [0.1, 0.15) is 37.5 Å². The molecule has 0 aromatic heterocycles. The Balaban J connectivity index is 1.68. The summed E-state index contributed by atoms with van der Waals surface area (Å²) in [5.74, 6) is -0.723. The van der Waals surface area contributed by atoms with Gasteiger partial charge in [0.2, 0.25) is 11.8 Å². The normalized spacial score (nSPS) is 15.6. The first-order valence-corrected chi connectivity index (χ1v) is 10.3. The summed E-state index contributed by atoms with van der Waals surface area (Å²) in [6, 6.07) is 14.4. The molecule has 0 spiro atoms. The SMILES string of the molecule is Cc1cccc(NC(=O)CNC(=O)C2Cc3ccccc3CN2C(=O)OC(C)(C)C)c1.